The first-order valence-corrected chi connectivity index (χ1v) is 9.19. The van der Waals surface area contributed by atoms with Gasteiger partial charge < -0.3 is 24.8 Å². The largest absolute Gasteiger partial charge is 0.461 e. The van der Waals surface area contributed by atoms with E-state index in [1.807, 2.05) is 6.92 Å². The minimum atomic E-state index is -0.998. The van der Waals surface area contributed by atoms with Crippen LogP contribution in [-0.2, 0) is 14.3 Å². The van der Waals surface area contributed by atoms with E-state index >= 15 is 0 Å². The maximum atomic E-state index is 12.9. The van der Waals surface area contributed by atoms with Gasteiger partial charge in [0.05, 0.1) is 12.1 Å². The fraction of sp³-hybridized carbons (Fsp3) is 0.778. The molecule has 0 bridgehead atoms. The van der Waals surface area contributed by atoms with E-state index in [0.717, 1.165) is 19.3 Å². The molecule has 0 aromatic heterocycles. The third kappa shape index (κ3) is 3.27. The van der Waals surface area contributed by atoms with Crippen molar-refractivity contribution in [2.75, 3.05) is 13.2 Å². The van der Waals surface area contributed by atoms with Crippen LogP contribution in [0.25, 0.3) is 0 Å². The molecule has 7 nitrogen and oxygen atoms in total. The summed E-state index contributed by atoms with van der Waals surface area (Å²) >= 11 is 0. The number of hydrogen-bond acceptors (Lipinski definition) is 5. The fourth-order valence-electron chi connectivity index (χ4n) is 4.65. The van der Waals surface area contributed by atoms with Crippen LogP contribution in [0.15, 0.2) is 12.7 Å². The summed E-state index contributed by atoms with van der Waals surface area (Å²) in [5, 5.41) is 12.3. The summed E-state index contributed by atoms with van der Waals surface area (Å²) in [7, 11) is 0. The highest BCUT2D eigenvalue weighted by Crippen LogP contribution is 2.44. The van der Waals surface area contributed by atoms with Gasteiger partial charge in [-0.1, -0.05) is 12.7 Å². The van der Waals surface area contributed by atoms with E-state index in [2.05, 4.69) is 11.9 Å². The monoisotopic (exact) mass is 352 g/mol. The number of hydrogen-bond donors (Lipinski definition) is 2. The minimum absolute atomic E-state index is 0.0193. The summed E-state index contributed by atoms with van der Waals surface area (Å²) < 4.78 is 11.5. The average Bonchev–Trinajstić information content (AvgIpc) is 2.97. The minimum Gasteiger partial charge on any atom is -0.461 e. The lowest BCUT2D eigenvalue weighted by Crippen LogP contribution is -2.72. The van der Waals surface area contributed by atoms with Crippen LogP contribution in [0.5, 0.6) is 0 Å². The highest BCUT2D eigenvalue weighted by Gasteiger charge is 2.60. The topological polar surface area (TPSA) is 88.1 Å². The molecule has 0 saturated carbocycles. The van der Waals surface area contributed by atoms with Crippen molar-refractivity contribution in [3.63, 3.8) is 0 Å². The Morgan fingerprint density at radius 3 is 3.00 bits per heavy atom. The molecule has 3 saturated heterocycles. The van der Waals surface area contributed by atoms with Gasteiger partial charge in [-0.2, -0.15) is 0 Å². The van der Waals surface area contributed by atoms with E-state index in [-0.39, 0.29) is 43.4 Å². The Balaban J connectivity index is 1.92. The summed E-state index contributed by atoms with van der Waals surface area (Å²) in [6, 6.07) is -0.515. The van der Waals surface area contributed by atoms with Crippen LogP contribution in [0.1, 0.15) is 45.4 Å². The molecule has 2 N–H and O–H groups in total. The molecule has 0 unspecified atom stereocenters. The molecule has 0 aromatic rings. The quantitative estimate of drug-likeness (QED) is 0.579. The van der Waals surface area contributed by atoms with Crippen molar-refractivity contribution >= 4 is 12.0 Å². The van der Waals surface area contributed by atoms with E-state index in [9.17, 15) is 14.7 Å². The highest BCUT2D eigenvalue weighted by molar-refractivity contribution is 5.83. The summed E-state index contributed by atoms with van der Waals surface area (Å²) in [6.45, 7) is 5.72. The molecule has 3 fully saturated rings. The summed E-state index contributed by atoms with van der Waals surface area (Å²) in [6.07, 6.45) is 5.92. The lowest BCUT2D eigenvalue weighted by molar-refractivity contribution is -0.204. The number of aliphatic hydroxyl groups is 1. The third-order valence-corrected chi connectivity index (χ3v) is 5.62. The summed E-state index contributed by atoms with van der Waals surface area (Å²) in [5.41, 5.74) is -0.998. The van der Waals surface area contributed by atoms with Gasteiger partial charge in [-0.25, -0.2) is 4.79 Å². The smallest absolute Gasteiger partial charge is 0.320 e. The second-order valence-electron chi connectivity index (χ2n) is 7.25. The van der Waals surface area contributed by atoms with Crippen LogP contribution in [0, 0.1) is 5.92 Å². The number of carbonyl (C=O) groups excluding carboxylic acids is 2. The maximum Gasteiger partial charge on any atom is 0.320 e. The van der Waals surface area contributed by atoms with Crippen LogP contribution < -0.4 is 5.32 Å². The van der Waals surface area contributed by atoms with Gasteiger partial charge in [0, 0.05) is 12.6 Å². The van der Waals surface area contributed by atoms with Crippen LogP contribution in [0.3, 0.4) is 0 Å². The van der Waals surface area contributed by atoms with Crippen molar-refractivity contribution < 1.29 is 24.2 Å². The van der Waals surface area contributed by atoms with Crippen LogP contribution in [0.2, 0.25) is 0 Å². The standard InChI is InChI=1S/C18H28N2O5/c1-3-11-24-16(22)15-14-7-6-13(8-10-21)20(14)17(23)19-18(15)9-4-5-12(2)25-18/h3,12-15,21H,1,4-11H2,2H3,(H,19,23)/t12-,13+,14-,15+,18-/m1/s1. The van der Waals surface area contributed by atoms with Gasteiger partial charge in [0.1, 0.15) is 12.5 Å². The molecule has 3 rings (SSSR count). The molecule has 3 aliphatic heterocycles. The Kier molecular flexibility index (Phi) is 5.34. The molecule has 2 amide bonds. The Hall–Kier alpha value is -1.60. The second-order valence-corrected chi connectivity index (χ2v) is 7.25. The first-order chi connectivity index (χ1) is 12.0. The molecule has 0 aromatic carbocycles. The van der Waals surface area contributed by atoms with Gasteiger partial charge >= 0.3 is 12.0 Å². The lowest BCUT2D eigenvalue weighted by Gasteiger charge is -2.52. The van der Waals surface area contributed by atoms with Crippen molar-refractivity contribution in [1.29, 1.82) is 0 Å². The maximum absolute atomic E-state index is 12.9. The third-order valence-electron chi connectivity index (χ3n) is 5.62. The van der Waals surface area contributed by atoms with Gasteiger partial charge in [-0.05, 0) is 45.4 Å². The van der Waals surface area contributed by atoms with E-state index in [0.29, 0.717) is 19.3 Å². The SMILES string of the molecule is C=CCOC(=O)[C@@H]1[C@H]2CC[C@@H](CCO)N2C(=O)N[C@@]12CCC[C@@H](C)O2. The molecule has 3 aliphatic rings. The number of urea groups is 1. The number of esters is 1. The van der Waals surface area contributed by atoms with Crippen molar-refractivity contribution in [2.45, 2.75) is 69.4 Å². The summed E-state index contributed by atoms with van der Waals surface area (Å²) in [5.74, 6) is -0.926. The van der Waals surface area contributed by atoms with Crippen LogP contribution in [-0.4, -0.2) is 59.1 Å². The first-order valence-electron chi connectivity index (χ1n) is 9.19. The van der Waals surface area contributed by atoms with Gasteiger partial charge in [0.15, 0.2) is 5.72 Å². The second kappa shape index (κ2) is 7.33. The molecule has 0 radical (unpaired) electrons. The van der Waals surface area contributed by atoms with Crippen molar-refractivity contribution in [3.8, 4) is 0 Å². The molecule has 25 heavy (non-hydrogen) atoms. The normalized spacial score (nSPS) is 37.5. The summed E-state index contributed by atoms with van der Waals surface area (Å²) in [4.78, 5) is 27.4. The van der Waals surface area contributed by atoms with Crippen molar-refractivity contribution in [2.24, 2.45) is 5.92 Å². The number of amides is 2. The van der Waals surface area contributed by atoms with Crippen molar-refractivity contribution in [1.82, 2.24) is 10.2 Å². The zero-order valence-corrected chi connectivity index (χ0v) is 14.8. The van der Waals surface area contributed by atoms with E-state index in [4.69, 9.17) is 9.47 Å². The zero-order valence-electron chi connectivity index (χ0n) is 14.8. The van der Waals surface area contributed by atoms with Gasteiger partial charge in [0.2, 0.25) is 0 Å². The molecule has 140 valence electrons. The number of rotatable bonds is 5. The Morgan fingerprint density at radius 1 is 1.52 bits per heavy atom. The molecule has 7 heteroatoms. The number of carbonyl (C=O) groups is 2. The Morgan fingerprint density at radius 2 is 2.32 bits per heavy atom. The van der Waals surface area contributed by atoms with Gasteiger partial charge in [-0.15, -0.1) is 0 Å². The molecule has 0 aliphatic carbocycles. The van der Waals surface area contributed by atoms with Gasteiger partial charge in [0.25, 0.3) is 0 Å². The van der Waals surface area contributed by atoms with E-state index in [1.54, 1.807) is 4.90 Å². The Labute approximate surface area is 148 Å². The number of ether oxygens (including phenoxy) is 2. The van der Waals surface area contributed by atoms with Crippen molar-refractivity contribution in [3.05, 3.63) is 12.7 Å². The Bertz CT molecular complexity index is 540. The average molecular weight is 352 g/mol. The number of nitrogens with zero attached hydrogens (tertiary/aromatic N) is 1. The fourth-order valence-corrected chi connectivity index (χ4v) is 4.65. The number of nitrogens with one attached hydrogen (secondary N) is 1. The number of fused-ring (bicyclic) bond motifs is 1. The van der Waals surface area contributed by atoms with Crippen LogP contribution >= 0.6 is 0 Å². The van der Waals surface area contributed by atoms with Crippen LogP contribution in [0.4, 0.5) is 4.79 Å². The molecular weight excluding hydrogens is 324 g/mol. The predicted octanol–water partition coefficient (Wildman–Crippen LogP) is 1.56. The zero-order chi connectivity index (χ0) is 18.0. The van der Waals surface area contributed by atoms with E-state index in [1.165, 1.54) is 6.08 Å². The predicted molar refractivity (Wildman–Crippen MR) is 90.7 cm³/mol. The molecule has 5 atom stereocenters. The first kappa shape index (κ1) is 18.2. The molecule has 3 heterocycles. The highest BCUT2D eigenvalue weighted by atomic mass is 16.6. The van der Waals surface area contributed by atoms with Gasteiger partial charge in [-0.3, -0.25) is 4.79 Å². The van der Waals surface area contributed by atoms with E-state index < -0.39 is 11.6 Å². The lowest BCUT2D eigenvalue weighted by atomic mass is 9.80. The molecule has 1 spiro atoms. The number of aliphatic hydroxyl groups excluding tert-OH is 1. The molecular formula is C18H28N2O5.